The van der Waals surface area contributed by atoms with E-state index in [0.29, 0.717) is 12.1 Å². The summed E-state index contributed by atoms with van der Waals surface area (Å²) in [4.78, 5) is 15.9. The second-order valence-corrected chi connectivity index (χ2v) is 5.05. The molecule has 106 valence electrons. The number of benzene rings is 1. The highest BCUT2D eigenvalue weighted by atomic mass is 16.4. The number of carboxylic acid groups (broad SMARTS) is 1. The van der Waals surface area contributed by atoms with E-state index in [4.69, 9.17) is 0 Å². The summed E-state index contributed by atoms with van der Waals surface area (Å²) >= 11 is 0. The Balaban J connectivity index is 2.00. The van der Waals surface area contributed by atoms with Crippen molar-refractivity contribution in [1.82, 2.24) is 14.6 Å². The Morgan fingerprint density at radius 2 is 2.00 bits per heavy atom. The maximum Gasteiger partial charge on any atom is 0.313 e. The Kier molecular flexibility index (Phi) is 3.39. The van der Waals surface area contributed by atoms with Gasteiger partial charge in [0, 0.05) is 12.4 Å². The van der Waals surface area contributed by atoms with Gasteiger partial charge in [0.25, 0.3) is 0 Å². The second-order valence-electron chi connectivity index (χ2n) is 5.05. The number of fused-ring (bicyclic) bond motifs is 1. The number of carbonyl (C=O) groups is 1. The molecule has 3 rings (SSSR count). The summed E-state index contributed by atoms with van der Waals surface area (Å²) in [7, 11) is 0. The quantitative estimate of drug-likeness (QED) is 0.797. The first-order valence-corrected chi connectivity index (χ1v) is 6.72. The van der Waals surface area contributed by atoms with Gasteiger partial charge in [0.2, 0.25) is 0 Å². The number of aromatic nitrogens is 3. The smallest absolute Gasteiger partial charge is 0.313 e. The maximum absolute atomic E-state index is 11.7. The predicted octanol–water partition coefficient (Wildman–Crippen LogP) is 2.45. The van der Waals surface area contributed by atoms with Crippen molar-refractivity contribution < 1.29 is 9.90 Å². The van der Waals surface area contributed by atoms with E-state index < -0.39 is 11.9 Å². The lowest BCUT2D eigenvalue weighted by Crippen LogP contribution is -2.17. The van der Waals surface area contributed by atoms with Crippen LogP contribution in [0.5, 0.6) is 0 Å². The normalized spacial score (nSPS) is 12.4. The Bertz CT molecular complexity index is 778. The van der Waals surface area contributed by atoms with Crippen LogP contribution in [-0.2, 0) is 11.2 Å². The molecule has 0 radical (unpaired) electrons. The van der Waals surface area contributed by atoms with Crippen LogP contribution in [0.15, 0.2) is 48.9 Å². The van der Waals surface area contributed by atoms with Crippen molar-refractivity contribution in [2.75, 3.05) is 0 Å². The van der Waals surface area contributed by atoms with Crippen molar-refractivity contribution >= 4 is 11.5 Å². The third kappa shape index (κ3) is 2.63. The third-order valence-electron chi connectivity index (χ3n) is 3.54. The highest BCUT2D eigenvalue weighted by Gasteiger charge is 2.24. The van der Waals surface area contributed by atoms with Crippen LogP contribution in [0.3, 0.4) is 0 Å². The summed E-state index contributed by atoms with van der Waals surface area (Å²) in [6, 6.07) is 9.68. The summed E-state index contributed by atoms with van der Waals surface area (Å²) in [6.45, 7) is 2.01. The zero-order valence-electron chi connectivity index (χ0n) is 11.6. The highest BCUT2D eigenvalue weighted by Crippen LogP contribution is 2.23. The largest absolute Gasteiger partial charge is 0.481 e. The van der Waals surface area contributed by atoms with Gasteiger partial charge in [-0.25, -0.2) is 4.52 Å². The molecule has 3 aromatic rings. The van der Waals surface area contributed by atoms with Gasteiger partial charge in [-0.05, 0) is 25.0 Å². The van der Waals surface area contributed by atoms with E-state index in [-0.39, 0.29) is 0 Å². The summed E-state index contributed by atoms with van der Waals surface area (Å²) in [5, 5.41) is 13.7. The summed E-state index contributed by atoms with van der Waals surface area (Å²) in [5.41, 5.74) is 3.41. The molecule has 0 fully saturated rings. The van der Waals surface area contributed by atoms with Gasteiger partial charge in [0.1, 0.15) is 5.92 Å². The molecule has 0 saturated carbocycles. The number of nitrogens with zero attached hydrogens (tertiary/aromatic N) is 3. The molecule has 1 N–H and O–H groups in total. The van der Waals surface area contributed by atoms with E-state index in [0.717, 1.165) is 16.6 Å². The molecule has 21 heavy (non-hydrogen) atoms. The number of hydrogen-bond donors (Lipinski definition) is 1. The Labute approximate surface area is 121 Å². The van der Waals surface area contributed by atoms with Crippen LogP contribution in [-0.4, -0.2) is 25.7 Å². The van der Waals surface area contributed by atoms with E-state index in [1.807, 2.05) is 31.2 Å². The van der Waals surface area contributed by atoms with E-state index in [1.54, 1.807) is 29.2 Å². The summed E-state index contributed by atoms with van der Waals surface area (Å²) < 4.78 is 1.65. The monoisotopic (exact) mass is 281 g/mol. The van der Waals surface area contributed by atoms with Gasteiger partial charge in [-0.2, -0.15) is 5.10 Å². The van der Waals surface area contributed by atoms with E-state index in [2.05, 4.69) is 10.1 Å². The molecule has 2 aromatic heterocycles. The minimum Gasteiger partial charge on any atom is -0.481 e. The molecule has 0 aliphatic heterocycles. The molecule has 5 nitrogen and oxygen atoms in total. The van der Waals surface area contributed by atoms with Crippen LogP contribution >= 0.6 is 0 Å². The molecule has 0 amide bonds. The molecule has 0 spiro atoms. The van der Waals surface area contributed by atoms with E-state index >= 15 is 0 Å². The molecule has 1 atom stereocenters. The maximum atomic E-state index is 11.7. The van der Waals surface area contributed by atoms with Crippen molar-refractivity contribution in [3.63, 3.8) is 0 Å². The van der Waals surface area contributed by atoms with E-state index in [9.17, 15) is 9.90 Å². The zero-order valence-corrected chi connectivity index (χ0v) is 11.6. The summed E-state index contributed by atoms with van der Waals surface area (Å²) in [6.07, 6.45) is 5.35. The third-order valence-corrected chi connectivity index (χ3v) is 3.54. The SMILES string of the molecule is Cc1ccc(CC(C(=O)O)c2nccn3nccc23)cc1. The Morgan fingerprint density at radius 1 is 1.24 bits per heavy atom. The Morgan fingerprint density at radius 3 is 2.71 bits per heavy atom. The molecule has 1 aromatic carbocycles. The molecule has 0 aliphatic carbocycles. The Hall–Kier alpha value is -2.69. The van der Waals surface area contributed by atoms with Crippen LogP contribution in [0.25, 0.3) is 5.52 Å². The van der Waals surface area contributed by atoms with Gasteiger partial charge < -0.3 is 5.11 Å². The number of rotatable bonds is 4. The van der Waals surface area contributed by atoms with Crippen molar-refractivity contribution in [2.24, 2.45) is 0 Å². The second kappa shape index (κ2) is 5.36. The van der Waals surface area contributed by atoms with Gasteiger partial charge in [-0.1, -0.05) is 29.8 Å². The van der Waals surface area contributed by atoms with Crippen molar-refractivity contribution in [3.05, 3.63) is 65.7 Å². The minimum atomic E-state index is -0.877. The standard InChI is InChI=1S/C16H15N3O2/c1-11-2-4-12(5-3-11)10-13(16(20)21)15-14-6-7-18-19(14)9-8-17-15/h2-9,13H,10H2,1H3,(H,20,21). The molecular formula is C16H15N3O2. The number of hydrogen-bond acceptors (Lipinski definition) is 3. The average molecular weight is 281 g/mol. The molecule has 0 bridgehead atoms. The summed E-state index contributed by atoms with van der Waals surface area (Å²) in [5.74, 6) is -1.56. The van der Waals surface area contributed by atoms with Gasteiger partial charge in [0.15, 0.2) is 0 Å². The lowest BCUT2D eigenvalue weighted by molar-refractivity contribution is -0.138. The van der Waals surface area contributed by atoms with E-state index in [1.165, 1.54) is 0 Å². The first-order chi connectivity index (χ1) is 10.1. The topological polar surface area (TPSA) is 67.5 Å². The number of aliphatic carboxylic acids is 1. The zero-order chi connectivity index (χ0) is 14.8. The first-order valence-electron chi connectivity index (χ1n) is 6.72. The fourth-order valence-electron chi connectivity index (χ4n) is 2.41. The molecule has 2 heterocycles. The van der Waals surface area contributed by atoms with Gasteiger partial charge in [-0.15, -0.1) is 0 Å². The van der Waals surface area contributed by atoms with Crippen LogP contribution in [0, 0.1) is 6.92 Å². The van der Waals surface area contributed by atoms with Crippen LogP contribution < -0.4 is 0 Å². The van der Waals surface area contributed by atoms with Crippen LogP contribution in [0.4, 0.5) is 0 Å². The molecule has 0 aliphatic rings. The molecule has 1 unspecified atom stereocenters. The molecule has 5 heteroatoms. The number of aryl methyl sites for hydroxylation is 1. The van der Waals surface area contributed by atoms with Gasteiger partial charge in [-0.3, -0.25) is 9.78 Å². The van der Waals surface area contributed by atoms with Crippen LogP contribution in [0.2, 0.25) is 0 Å². The fraction of sp³-hybridized carbons (Fsp3) is 0.188. The van der Waals surface area contributed by atoms with Gasteiger partial charge >= 0.3 is 5.97 Å². The van der Waals surface area contributed by atoms with Gasteiger partial charge in [0.05, 0.1) is 17.4 Å². The van der Waals surface area contributed by atoms with Crippen LogP contribution in [0.1, 0.15) is 22.7 Å². The lowest BCUT2D eigenvalue weighted by atomic mass is 9.95. The lowest BCUT2D eigenvalue weighted by Gasteiger charge is -2.13. The number of carboxylic acids is 1. The fourth-order valence-corrected chi connectivity index (χ4v) is 2.41. The average Bonchev–Trinajstić information content (AvgIpc) is 2.95. The minimum absolute atomic E-state index is 0.410. The van der Waals surface area contributed by atoms with Crippen molar-refractivity contribution in [1.29, 1.82) is 0 Å². The molecule has 0 saturated heterocycles. The molecular weight excluding hydrogens is 266 g/mol. The predicted molar refractivity (Wildman–Crippen MR) is 78.2 cm³/mol. The highest BCUT2D eigenvalue weighted by molar-refractivity contribution is 5.79. The van der Waals surface area contributed by atoms with Crippen molar-refractivity contribution in [2.45, 2.75) is 19.3 Å². The first kappa shape index (κ1) is 13.3. The van der Waals surface area contributed by atoms with Crippen molar-refractivity contribution in [3.8, 4) is 0 Å².